The van der Waals surface area contributed by atoms with Crippen molar-refractivity contribution in [3.8, 4) is 0 Å². The molecule has 3 aromatic rings. The molecule has 0 saturated carbocycles. The minimum Gasteiger partial charge on any atom is -0.322 e. The molecular formula is C21H19ClN4O2. The maximum Gasteiger partial charge on any atom is 0.253 e. The Balaban J connectivity index is 1.70. The summed E-state index contributed by atoms with van der Waals surface area (Å²) in [6.07, 6.45) is 1.94. The number of nitrogens with one attached hydrogen (secondary N) is 2. The van der Waals surface area contributed by atoms with Gasteiger partial charge < -0.3 is 10.2 Å². The van der Waals surface area contributed by atoms with E-state index >= 15 is 0 Å². The Hall–Kier alpha value is -3.12. The molecule has 6 nitrogen and oxygen atoms in total. The van der Waals surface area contributed by atoms with E-state index in [0.717, 1.165) is 16.5 Å². The molecule has 1 aliphatic rings. The van der Waals surface area contributed by atoms with Crippen LogP contribution in [0, 0.1) is 0 Å². The summed E-state index contributed by atoms with van der Waals surface area (Å²) in [5, 5.41) is 11.4. The van der Waals surface area contributed by atoms with Crippen LogP contribution in [0.4, 0.5) is 5.69 Å². The van der Waals surface area contributed by atoms with Gasteiger partial charge in [0.2, 0.25) is 5.91 Å². The second kappa shape index (κ2) is 7.13. The topological polar surface area (TPSA) is 78.1 Å². The summed E-state index contributed by atoms with van der Waals surface area (Å²) >= 11 is 6.00. The Morgan fingerprint density at radius 2 is 2.00 bits per heavy atom. The Bertz CT molecular complexity index is 1100. The molecule has 2 aromatic carbocycles. The molecule has 1 atom stereocenters. The van der Waals surface area contributed by atoms with Crippen LogP contribution < -0.4 is 5.32 Å². The maximum absolute atomic E-state index is 13.2. The summed E-state index contributed by atoms with van der Waals surface area (Å²) in [6, 6.07) is 12.8. The minimum atomic E-state index is -0.321. The summed E-state index contributed by atoms with van der Waals surface area (Å²) in [4.78, 5) is 27.2. The van der Waals surface area contributed by atoms with Crippen molar-refractivity contribution >= 4 is 40.0 Å². The molecule has 0 spiro atoms. The lowest BCUT2D eigenvalue weighted by Crippen LogP contribution is -2.36. The summed E-state index contributed by atoms with van der Waals surface area (Å²) in [7, 11) is 1.69. The van der Waals surface area contributed by atoms with Gasteiger partial charge in [0, 0.05) is 46.8 Å². The van der Waals surface area contributed by atoms with Crippen LogP contribution in [-0.4, -0.2) is 34.0 Å². The predicted octanol–water partition coefficient (Wildman–Crippen LogP) is 4.07. The van der Waals surface area contributed by atoms with Crippen LogP contribution >= 0.6 is 11.6 Å². The number of aromatic amines is 1. The molecule has 2 heterocycles. The first kappa shape index (κ1) is 18.3. The number of allylic oxidation sites excluding steroid dienone is 1. The zero-order valence-electron chi connectivity index (χ0n) is 15.5. The number of rotatable bonds is 3. The number of hydrogen-bond acceptors (Lipinski definition) is 3. The smallest absolute Gasteiger partial charge is 0.253 e. The van der Waals surface area contributed by atoms with Gasteiger partial charge >= 0.3 is 0 Å². The number of nitrogens with zero attached hydrogens (tertiary/aromatic N) is 2. The van der Waals surface area contributed by atoms with Crippen LogP contribution in [0.15, 0.2) is 59.9 Å². The number of H-pyrrole nitrogens is 1. The number of benzene rings is 2. The third-order valence-electron chi connectivity index (χ3n) is 5.21. The molecule has 7 heteroatoms. The molecule has 28 heavy (non-hydrogen) atoms. The number of carbonyl (C=O) groups excluding carboxylic acids is 2. The number of aromatic nitrogens is 2. The molecule has 0 bridgehead atoms. The standard InChI is InChI=1S/C21H19ClN4O2/c1-12-20(21(28)24-16-7-8-18-14(9-16)11-23-25-18)17(10-19(27)26(12)2)13-3-5-15(22)6-4-13/h3-9,11,17H,10H2,1-2H3,(H,23,25)(H,24,28). The zero-order valence-corrected chi connectivity index (χ0v) is 16.2. The SMILES string of the molecule is CC1=C(C(=O)Nc2ccc3[nH]ncc3c2)C(c2ccc(Cl)cc2)CC(=O)N1C. The molecular weight excluding hydrogens is 376 g/mol. The van der Waals surface area contributed by atoms with E-state index in [1.54, 1.807) is 37.2 Å². The average molecular weight is 395 g/mol. The van der Waals surface area contributed by atoms with Crippen molar-refractivity contribution in [2.24, 2.45) is 0 Å². The Labute approximate surface area is 167 Å². The van der Waals surface area contributed by atoms with Gasteiger partial charge in [-0.15, -0.1) is 0 Å². The summed E-state index contributed by atoms with van der Waals surface area (Å²) < 4.78 is 0. The first-order valence-corrected chi connectivity index (χ1v) is 9.29. The van der Waals surface area contributed by atoms with Gasteiger partial charge in [-0.3, -0.25) is 14.7 Å². The molecule has 142 valence electrons. The van der Waals surface area contributed by atoms with Crippen molar-refractivity contribution < 1.29 is 9.59 Å². The van der Waals surface area contributed by atoms with Crippen LogP contribution in [-0.2, 0) is 9.59 Å². The average Bonchev–Trinajstić information content (AvgIpc) is 3.14. The van der Waals surface area contributed by atoms with Gasteiger partial charge in [-0.05, 0) is 42.8 Å². The van der Waals surface area contributed by atoms with E-state index in [4.69, 9.17) is 11.6 Å². The fourth-order valence-electron chi connectivity index (χ4n) is 3.55. The molecule has 0 fully saturated rings. The monoisotopic (exact) mass is 394 g/mol. The van der Waals surface area contributed by atoms with Gasteiger partial charge in [0.25, 0.3) is 5.91 Å². The molecule has 1 unspecified atom stereocenters. The van der Waals surface area contributed by atoms with Crippen molar-refractivity contribution in [3.63, 3.8) is 0 Å². The fourth-order valence-corrected chi connectivity index (χ4v) is 3.68. The Kier molecular flexibility index (Phi) is 4.65. The van der Waals surface area contributed by atoms with Crippen molar-refractivity contribution in [2.45, 2.75) is 19.3 Å². The molecule has 1 aromatic heterocycles. The molecule has 2 amide bonds. The third kappa shape index (κ3) is 3.27. The second-order valence-electron chi connectivity index (χ2n) is 6.89. The van der Waals surface area contributed by atoms with Crippen molar-refractivity contribution in [1.29, 1.82) is 0 Å². The summed E-state index contributed by atoms with van der Waals surface area (Å²) in [5.74, 6) is -0.563. The van der Waals surface area contributed by atoms with Crippen LogP contribution in [0.2, 0.25) is 5.02 Å². The quantitative estimate of drug-likeness (QED) is 0.702. The highest BCUT2D eigenvalue weighted by atomic mass is 35.5. The van der Waals surface area contributed by atoms with Crippen LogP contribution in [0.5, 0.6) is 0 Å². The van der Waals surface area contributed by atoms with E-state index < -0.39 is 0 Å². The number of fused-ring (bicyclic) bond motifs is 1. The molecule has 0 radical (unpaired) electrons. The van der Waals surface area contributed by atoms with Gasteiger partial charge in [0.1, 0.15) is 0 Å². The number of hydrogen-bond donors (Lipinski definition) is 2. The number of anilines is 1. The van der Waals surface area contributed by atoms with Gasteiger partial charge in [0.15, 0.2) is 0 Å². The minimum absolute atomic E-state index is 0.0196. The summed E-state index contributed by atoms with van der Waals surface area (Å²) in [6.45, 7) is 1.80. The van der Waals surface area contributed by atoms with Crippen LogP contribution in [0.25, 0.3) is 10.9 Å². The van der Waals surface area contributed by atoms with Crippen molar-refractivity contribution in [3.05, 3.63) is 70.5 Å². The van der Waals surface area contributed by atoms with Crippen molar-refractivity contribution in [2.75, 3.05) is 12.4 Å². The Morgan fingerprint density at radius 1 is 1.25 bits per heavy atom. The van der Waals surface area contributed by atoms with E-state index in [1.165, 1.54) is 0 Å². The first-order valence-electron chi connectivity index (χ1n) is 8.91. The first-order chi connectivity index (χ1) is 13.4. The van der Waals surface area contributed by atoms with Gasteiger partial charge in [-0.25, -0.2) is 0 Å². The molecule has 0 saturated heterocycles. The fraction of sp³-hybridized carbons (Fsp3) is 0.190. The number of carbonyl (C=O) groups is 2. The summed E-state index contributed by atoms with van der Waals surface area (Å²) in [5.41, 5.74) is 3.69. The van der Waals surface area contributed by atoms with Gasteiger partial charge in [-0.2, -0.15) is 5.10 Å². The largest absolute Gasteiger partial charge is 0.322 e. The van der Waals surface area contributed by atoms with Crippen LogP contribution in [0.1, 0.15) is 24.8 Å². The zero-order chi connectivity index (χ0) is 19.8. The normalized spacial score (nSPS) is 17.3. The second-order valence-corrected chi connectivity index (χ2v) is 7.32. The van der Waals surface area contributed by atoms with E-state index in [0.29, 0.717) is 22.0 Å². The molecule has 0 aliphatic carbocycles. The van der Waals surface area contributed by atoms with E-state index in [2.05, 4.69) is 15.5 Å². The number of halogens is 1. The molecule has 4 rings (SSSR count). The Morgan fingerprint density at radius 3 is 2.75 bits per heavy atom. The lowest BCUT2D eigenvalue weighted by molar-refractivity contribution is -0.129. The highest BCUT2D eigenvalue weighted by molar-refractivity contribution is 6.30. The highest BCUT2D eigenvalue weighted by Crippen LogP contribution is 2.36. The maximum atomic E-state index is 13.2. The third-order valence-corrected chi connectivity index (χ3v) is 5.46. The highest BCUT2D eigenvalue weighted by Gasteiger charge is 2.34. The van der Waals surface area contributed by atoms with Crippen LogP contribution in [0.3, 0.4) is 0 Å². The van der Waals surface area contributed by atoms with E-state index in [-0.39, 0.29) is 24.2 Å². The van der Waals surface area contributed by atoms with Gasteiger partial charge in [0.05, 0.1) is 11.7 Å². The molecule has 2 N–H and O–H groups in total. The molecule has 1 aliphatic heterocycles. The number of amides is 2. The van der Waals surface area contributed by atoms with E-state index in [1.807, 2.05) is 30.3 Å². The lowest BCUT2D eigenvalue weighted by atomic mass is 9.83. The van der Waals surface area contributed by atoms with Gasteiger partial charge in [-0.1, -0.05) is 23.7 Å². The van der Waals surface area contributed by atoms with Crippen molar-refractivity contribution in [1.82, 2.24) is 15.1 Å². The lowest BCUT2D eigenvalue weighted by Gasteiger charge is -2.32. The predicted molar refractivity (Wildman–Crippen MR) is 109 cm³/mol. The van der Waals surface area contributed by atoms with E-state index in [9.17, 15) is 9.59 Å².